The SMILES string of the molecule is CN(C(=S)Nc1ccc([N+](=O)[O-])cc1)[C@@H]1CCCc2ccccc21. The van der Waals surface area contributed by atoms with Gasteiger partial charge in [-0.05, 0) is 54.7 Å². The van der Waals surface area contributed by atoms with Crippen LogP contribution in [-0.4, -0.2) is 22.0 Å². The lowest BCUT2D eigenvalue weighted by Crippen LogP contribution is -2.36. The molecule has 24 heavy (non-hydrogen) atoms. The van der Waals surface area contributed by atoms with Gasteiger partial charge in [0.15, 0.2) is 5.11 Å². The van der Waals surface area contributed by atoms with Crippen molar-refractivity contribution in [1.29, 1.82) is 0 Å². The van der Waals surface area contributed by atoms with Gasteiger partial charge < -0.3 is 10.2 Å². The molecule has 5 nitrogen and oxygen atoms in total. The molecule has 1 aliphatic rings. The number of hydrogen-bond acceptors (Lipinski definition) is 3. The first kappa shape index (κ1) is 16.4. The van der Waals surface area contributed by atoms with Crippen LogP contribution in [0.2, 0.25) is 0 Å². The average Bonchev–Trinajstić information content (AvgIpc) is 2.61. The summed E-state index contributed by atoms with van der Waals surface area (Å²) in [5.41, 5.74) is 3.54. The molecule has 1 aliphatic carbocycles. The van der Waals surface area contributed by atoms with Gasteiger partial charge in [-0.2, -0.15) is 0 Å². The molecule has 2 aromatic carbocycles. The Morgan fingerprint density at radius 1 is 1.25 bits per heavy atom. The number of rotatable bonds is 3. The fourth-order valence-corrected chi connectivity index (χ4v) is 3.40. The van der Waals surface area contributed by atoms with Gasteiger partial charge in [-0.3, -0.25) is 10.1 Å². The summed E-state index contributed by atoms with van der Waals surface area (Å²) in [5.74, 6) is 0. The van der Waals surface area contributed by atoms with Crippen LogP contribution in [0.15, 0.2) is 48.5 Å². The number of aryl methyl sites for hydroxylation is 1. The molecule has 2 aromatic rings. The third-order valence-electron chi connectivity index (χ3n) is 4.46. The maximum atomic E-state index is 10.7. The van der Waals surface area contributed by atoms with Gasteiger partial charge in [-0.25, -0.2) is 0 Å². The van der Waals surface area contributed by atoms with Gasteiger partial charge in [0.05, 0.1) is 11.0 Å². The van der Waals surface area contributed by atoms with Crippen molar-refractivity contribution in [3.63, 3.8) is 0 Å². The van der Waals surface area contributed by atoms with Crippen molar-refractivity contribution in [2.24, 2.45) is 0 Å². The lowest BCUT2D eigenvalue weighted by molar-refractivity contribution is -0.384. The molecule has 0 bridgehead atoms. The van der Waals surface area contributed by atoms with Crippen LogP contribution in [0.25, 0.3) is 0 Å². The molecule has 0 radical (unpaired) electrons. The topological polar surface area (TPSA) is 58.4 Å². The molecule has 6 heteroatoms. The Morgan fingerprint density at radius 2 is 1.96 bits per heavy atom. The van der Waals surface area contributed by atoms with E-state index in [-0.39, 0.29) is 11.7 Å². The third-order valence-corrected chi connectivity index (χ3v) is 4.85. The molecule has 0 heterocycles. The van der Waals surface area contributed by atoms with Crippen LogP contribution in [0.5, 0.6) is 0 Å². The maximum Gasteiger partial charge on any atom is 0.269 e. The summed E-state index contributed by atoms with van der Waals surface area (Å²) in [4.78, 5) is 12.4. The smallest absolute Gasteiger partial charge is 0.269 e. The van der Waals surface area contributed by atoms with Crippen LogP contribution in [0, 0.1) is 10.1 Å². The lowest BCUT2D eigenvalue weighted by Gasteiger charge is -2.35. The number of anilines is 1. The highest BCUT2D eigenvalue weighted by Crippen LogP contribution is 2.33. The second-order valence-electron chi connectivity index (χ2n) is 5.95. The van der Waals surface area contributed by atoms with Gasteiger partial charge in [0.1, 0.15) is 0 Å². The van der Waals surface area contributed by atoms with E-state index in [1.807, 2.05) is 7.05 Å². The summed E-state index contributed by atoms with van der Waals surface area (Å²) >= 11 is 5.53. The van der Waals surface area contributed by atoms with Crippen molar-refractivity contribution < 1.29 is 4.92 Å². The highest BCUT2D eigenvalue weighted by Gasteiger charge is 2.24. The van der Waals surface area contributed by atoms with E-state index in [0.29, 0.717) is 5.11 Å². The molecule has 0 saturated heterocycles. The van der Waals surface area contributed by atoms with Gasteiger partial charge in [0, 0.05) is 24.9 Å². The fraction of sp³-hybridized carbons (Fsp3) is 0.278. The summed E-state index contributed by atoms with van der Waals surface area (Å²) in [6.45, 7) is 0. The number of fused-ring (bicyclic) bond motifs is 1. The van der Waals surface area contributed by atoms with Crippen LogP contribution in [0.4, 0.5) is 11.4 Å². The quantitative estimate of drug-likeness (QED) is 0.512. The fourth-order valence-electron chi connectivity index (χ4n) is 3.15. The van der Waals surface area contributed by atoms with Gasteiger partial charge >= 0.3 is 0 Å². The number of benzene rings is 2. The molecular weight excluding hydrogens is 322 g/mol. The Bertz CT molecular complexity index is 761. The second-order valence-corrected chi connectivity index (χ2v) is 6.34. The van der Waals surface area contributed by atoms with Crippen LogP contribution in [0.3, 0.4) is 0 Å². The first-order chi connectivity index (χ1) is 11.6. The maximum absolute atomic E-state index is 10.7. The van der Waals surface area contributed by atoms with Crippen molar-refractivity contribution in [1.82, 2.24) is 4.90 Å². The molecule has 0 fully saturated rings. The van der Waals surface area contributed by atoms with Crippen molar-refractivity contribution in [3.05, 3.63) is 69.8 Å². The first-order valence-corrected chi connectivity index (χ1v) is 8.33. The zero-order chi connectivity index (χ0) is 17.1. The van der Waals surface area contributed by atoms with Crippen molar-refractivity contribution >= 4 is 28.7 Å². The van der Waals surface area contributed by atoms with Crippen molar-refractivity contribution in [2.75, 3.05) is 12.4 Å². The average molecular weight is 341 g/mol. The van der Waals surface area contributed by atoms with E-state index in [1.165, 1.54) is 23.3 Å². The van der Waals surface area contributed by atoms with E-state index >= 15 is 0 Å². The molecule has 0 aromatic heterocycles. The largest absolute Gasteiger partial charge is 0.345 e. The van der Waals surface area contributed by atoms with Crippen LogP contribution >= 0.6 is 12.2 Å². The van der Waals surface area contributed by atoms with E-state index in [1.54, 1.807) is 12.1 Å². The zero-order valence-corrected chi connectivity index (χ0v) is 14.3. The van der Waals surface area contributed by atoms with Crippen molar-refractivity contribution in [2.45, 2.75) is 25.3 Å². The van der Waals surface area contributed by atoms with E-state index in [2.05, 4.69) is 34.5 Å². The number of nitrogens with zero attached hydrogens (tertiary/aromatic N) is 2. The molecule has 0 unspecified atom stereocenters. The molecule has 0 saturated carbocycles. The van der Waals surface area contributed by atoms with Crippen LogP contribution in [-0.2, 0) is 6.42 Å². The van der Waals surface area contributed by atoms with Crippen LogP contribution < -0.4 is 5.32 Å². The summed E-state index contributed by atoms with van der Waals surface area (Å²) in [6, 6.07) is 15.0. The minimum absolute atomic E-state index is 0.0704. The Labute approximate surface area is 146 Å². The molecule has 1 atom stereocenters. The Morgan fingerprint density at radius 3 is 2.67 bits per heavy atom. The third kappa shape index (κ3) is 3.38. The second kappa shape index (κ2) is 6.97. The van der Waals surface area contributed by atoms with E-state index in [0.717, 1.165) is 24.9 Å². The number of non-ortho nitro benzene ring substituents is 1. The monoisotopic (exact) mass is 341 g/mol. The minimum Gasteiger partial charge on any atom is -0.345 e. The molecule has 0 aliphatic heterocycles. The number of nitrogens with one attached hydrogen (secondary N) is 1. The summed E-state index contributed by atoms with van der Waals surface area (Å²) in [7, 11) is 1.99. The Hall–Kier alpha value is -2.47. The van der Waals surface area contributed by atoms with E-state index < -0.39 is 4.92 Å². The molecular formula is C18H19N3O2S. The molecule has 124 valence electrons. The minimum atomic E-state index is -0.410. The standard InChI is InChI=1S/C18H19N3O2S/c1-20(17-8-4-6-13-5-2-3-7-16(13)17)18(24)19-14-9-11-15(12-10-14)21(22)23/h2-3,5,7,9-12,17H,4,6,8H2,1H3,(H,19,24)/t17-/m1/s1. The first-order valence-electron chi connectivity index (χ1n) is 7.92. The molecule has 1 N–H and O–H groups in total. The molecule has 0 spiro atoms. The van der Waals surface area contributed by atoms with Gasteiger partial charge in [-0.15, -0.1) is 0 Å². The lowest BCUT2D eigenvalue weighted by atomic mass is 9.87. The highest BCUT2D eigenvalue weighted by molar-refractivity contribution is 7.80. The van der Waals surface area contributed by atoms with Gasteiger partial charge in [0.25, 0.3) is 5.69 Å². The number of nitro groups is 1. The summed E-state index contributed by atoms with van der Waals surface area (Å²) in [6.07, 6.45) is 3.32. The highest BCUT2D eigenvalue weighted by atomic mass is 32.1. The van der Waals surface area contributed by atoms with E-state index in [9.17, 15) is 10.1 Å². The molecule has 0 amide bonds. The van der Waals surface area contributed by atoms with E-state index in [4.69, 9.17) is 12.2 Å². The Kier molecular flexibility index (Phi) is 4.76. The van der Waals surface area contributed by atoms with Crippen LogP contribution in [0.1, 0.15) is 30.0 Å². The summed E-state index contributed by atoms with van der Waals surface area (Å²) < 4.78 is 0. The predicted molar refractivity (Wildman–Crippen MR) is 99.2 cm³/mol. The van der Waals surface area contributed by atoms with Gasteiger partial charge in [-0.1, -0.05) is 24.3 Å². The number of hydrogen-bond donors (Lipinski definition) is 1. The molecule has 3 rings (SSSR count). The number of nitro benzene ring substituents is 1. The number of thiocarbonyl (C=S) groups is 1. The predicted octanol–water partition coefficient (Wildman–Crippen LogP) is 4.30. The normalized spacial score (nSPS) is 16.1. The summed E-state index contributed by atoms with van der Waals surface area (Å²) in [5, 5.41) is 14.5. The zero-order valence-electron chi connectivity index (χ0n) is 13.4. The van der Waals surface area contributed by atoms with Crippen molar-refractivity contribution in [3.8, 4) is 0 Å². The Balaban J connectivity index is 1.72. The van der Waals surface area contributed by atoms with Gasteiger partial charge in [0.2, 0.25) is 0 Å².